The Labute approximate surface area is 339 Å². The summed E-state index contributed by atoms with van der Waals surface area (Å²) in [6.45, 7) is 3.97. The Balaban J connectivity index is 1.22. The van der Waals surface area contributed by atoms with Crippen molar-refractivity contribution in [2.24, 2.45) is 0 Å². The maximum absolute atomic E-state index is 15.8. The second-order valence-corrected chi connectivity index (χ2v) is 15.6. The molecule has 0 bridgehead atoms. The molecule has 4 heterocycles. The van der Waals surface area contributed by atoms with Crippen molar-refractivity contribution in [2.45, 2.75) is 32.1 Å². The smallest absolute Gasteiger partial charge is 0.135 e. The van der Waals surface area contributed by atoms with Crippen LogP contribution in [0.5, 0.6) is 0 Å². The topological polar surface area (TPSA) is 32.3 Å². The van der Waals surface area contributed by atoms with Crippen LogP contribution in [-0.2, 0) is 18.3 Å². The zero-order valence-electron chi connectivity index (χ0n) is 32.2. The van der Waals surface area contributed by atoms with Gasteiger partial charge in [-0.1, -0.05) is 72.8 Å². The van der Waals surface area contributed by atoms with Crippen molar-refractivity contribution in [2.75, 3.05) is 9.80 Å². The summed E-state index contributed by atoms with van der Waals surface area (Å²) in [4.78, 5) is 14.6. The molecule has 8 aromatic rings. The van der Waals surface area contributed by atoms with Crippen LogP contribution in [0.3, 0.4) is 0 Å². The van der Waals surface area contributed by atoms with Gasteiger partial charge in [-0.15, -0.1) is 0 Å². The van der Waals surface area contributed by atoms with Gasteiger partial charge in [0.2, 0.25) is 0 Å². The van der Waals surface area contributed by atoms with Gasteiger partial charge in [0.25, 0.3) is 0 Å². The molecule has 2 aliphatic heterocycles. The number of nitrogens with zero attached hydrogens (tertiary/aromatic N) is 4. The second-order valence-electron chi connectivity index (χ2n) is 15.6. The van der Waals surface area contributed by atoms with Crippen molar-refractivity contribution in [1.29, 1.82) is 0 Å². The second kappa shape index (κ2) is 14.1. The molecule has 0 radical (unpaired) electrons. The lowest BCUT2D eigenvalue weighted by Gasteiger charge is -2.36. The third-order valence-corrected chi connectivity index (χ3v) is 11.5. The standard InChI is InChI=1S/C51H36F4N4/c1-51(2,49-29-37(27-43(56-49)39-21-19-35(52)25-41(39)54)58-45-15-7-3-11-31(45)23-32-12-4-8-16-46(32)58)50-30-38(28-44(57-50)40-22-20-36(53)26-42(40)55)59-47-17-9-5-13-33(47)24-34-14-6-10-18-48(34)59/h3-22,25-30H,23-24H2,1-2H3. The van der Waals surface area contributed by atoms with Gasteiger partial charge >= 0.3 is 0 Å². The average molecular weight is 781 g/mol. The summed E-state index contributed by atoms with van der Waals surface area (Å²) in [5.41, 5.74) is 10.8. The van der Waals surface area contributed by atoms with Gasteiger partial charge in [-0.2, -0.15) is 0 Å². The van der Waals surface area contributed by atoms with Crippen molar-refractivity contribution in [3.63, 3.8) is 0 Å². The number of anilines is 6. The molecule has 0 N–H and O–H groups in total. The van der Waals surface area contributed by atoms with Crippen molar-refractivity contribution in [3.8, 4) is 22.5 Å². The molecule has 8 heteroatoms. The number of hydrogen-bond acceptors (Lipinski definition) is 4. The third-order valence-electron chi connectivity index (χ3n) is 11.5. The number of aromatic nitrogens is 2. The van der Waals surface area contributed by atoms with E-state index < -0.39 is 28.7 Å². The Morgan fingerprint density at radius 2 is 0.763 bits per heavy atom. The highest BCUT2D eigenvalue weighted by molar-refractivity contribution is 5.87. The molecular formula is C51H36F4N4. The van der Waals surface area contributed by atoms with E-state index in [0.717, 1.165) is 81.4 Å². The largest absolute Gasteiger partial charge is 0.310 e. The van der Waals surface area contributed by atoms with Gasteiger partial charge in [0, 0.05) is 64.3 Å². The van der Waals surface area contributed by atoms with Crippen molar-refractivity contribution < 1.29 is 17.6 Å². The van der Waals surface area contributed by atoms with Crippen LogP contribution in [0.1, 0.15) is 47.5 Å². The van der Waals surface area contributed by atoms with E-state index >= 15 is 8.78 Å². The first-order valence-electron chi connectivity index (χ1n) is 19.5. The van der Waals surface area contributed by atoms with Gasteiger partial charge in [-0.25, -0.2) is 17.6 Å². The molecule has 4 nitrogen and oxygen atoms in total. The summed E-state index contributed by atoms with van der Waals surface area (Å²) >= 11 is 0. The lowest BCUT2D eigenvalue weighted by Crippen LogP contribution is -2.26. The van der Waals surface area contributed by atoms with Crippen LogP contribution >= 0.6 is 0 Å². The zero-order chi connectivity index (χ0) is 40.4. The van der Waals surface area contributed by atoms with E-state index in [1.54, 1.807) is 0 Å². The summed E-state index contributed by atoms with van der Waals surface area (Å²) in [5, 5.41) is 0. The van der Waals surface area contributed by atoms with Crippen molar-refractivity contribution >= 4 is 34.1 Å². The molecule has 0 saturated carbocycles. The summed E-state index contributed by atoms with van der Waals surface area (Å²) in [6, 6.07) is 47.4. The minimum absolute atomic E-state index is 0.140. The maximum Gasteiger partial charge on any atom is 0.135 e. The first-order valence-corrected chi connectivity index (χ1v) is 19.5. The van der Waals surface area contributed by atoms with Gasteiger partial charge in [-0.05, 0) is 109 Å². The highest BCUT2D eigenvalue weighted by Gasteiger charge is 2.33. The zero-order valence-corrected chi connectivity index (χ0v) is 32.2. The molecule has 0 amide bonds. The van der Waals surface area contributed by atoms with E-state index in [4.69, 9.17) is 9.97 Å². The van der Waals surface area contributed by atoms with E-state index in [1.807, 2.05) is 86.6 Å². The van der Waals surface area contributed by atoms with Gasteiger partial charge in [0.15, 0.2) is 0 Å². The molecule has 0 atom stereocenters. The van der Waals surface area contributed by atoms with Gasteiger partial charge in [0.1, 0.15) is 23.3 Å². The van der Waals surface area contributed by atoms with Crippen LogP contribution in [-0.4, -0.2) is 9.97 Å². The fraction of sp³-hybridized carbons (Fsp3) is 0.0980. The molecule has 6 aromatic carbocycles. The normalized spacial score (nSPS) is 13.1. The SMILES string of the molecule is CC(C)(c1cc(N2c3ccccc3Cc3ccccc32)cc(-c2ccc(F)cc2F)n1)c1cc(N2c3ccccc3Cc3ccccc32)cc(-c2ccc(F)cc2F)n1. The third kappa shape index (κ3) is 6.32. The lowest BCUT2D eigenvalue weighted by atomic mass is 9.83. The molecule has 0 fully saturated rings. The number of hydrogen-bond donors (Lipinski definition) is 0. The number of rotatable bonds is 6. The molecule has 0 unspecified atom stereocenters. The number of pyridine rings is 2. The Morgan fingerprint density at radius 1 is 0.424 bits per heavy atom. The quantitative estimate of drug-likeness (QED) is 0.157. The van der Waals surface area contributed by atoms with Crippen LogP contribution < -0.4 is 9.80 Å². The van der Waals surface area contributed by atoms with Gasteiger partial charge < -0.3 is 9.80 Å². The molecule has 288 valence electrons. The molecule has 10 rings (SSSR count). The summed E-state index contributed by atoms with van der Waals surface area (Å²) in [6.07, 6.45) is 1.49. The lowest BCUT2D eigenvalue weighted by molar-refractivity contribution is 0.582. The summed E-state index contributed by atoms with van der Waals surface area (Å²) in [5.74, 6) is -2.86. The number of para-hydroxylation sites is 4. The molecule has 2 aromatic heterocycles. The summed E-state index contributed by atoms with van der Waals surface area (Å²) < 4.78 is 60.2. The van der Waals surface area contributed by atoms with Gasteiger partial charge in [0.05, 0.1) is 34.2 Å². The average Bonchev–Trinajstić information content (AvgIpc) is 3.24. The monoisotopic (exact) mass is 780 g/mol. The predicted octanol–water partition coefficient (Wildman–Crippen LogP) is 13.4. The number of fused-ring (bicyclic) bond motifs is 4. The maximum atomic E-state index is 15.8. The molecule has 0 saturated heterocycles. The van der Waals surface area contributed by atoms with Gasteiger partial charge in [-0.3, -0.25) is 9.97 Å². The van der Waals surface area contributed by atoms with Crippen LogP contribution in [0.2, 0.25) is 0 Å². The van der Waals surface area contributed by atoms with Crippen LogP contribution in [0.25, 0.3) is 22.5 Å². The Bertz CT molecular complexity index is 2670. The van der Waals surface area contributed by atoms with Crippen LogP contribution in [0.4, 0.5) is 51.7 Å². The first kappa shape index (κ1) is 36.3. The predicted molar refractivity (Wildman–Crippen MR) is 226 cm³/mol. The van der Waals surface area contributed by atoms with Crippen LogP contribution in [0, 0.1) is 23.3 Å². The van der Waals surface area contributed by atoms with E-state index in [-0.39, 0.29) is 11.1 Å². The van der Waals surface area contributed by atoms with E-state index in [0.29, 0.717) is 22.8 Å². The fourth-order valence-corrected chi connectivity index (χ4v) is 8.47. The molecule has 59 heavy (non-hydrogen) atoms. The van der Waals surface area contributed by atoms with Crippen molar-refractivity contribution in [1.82, 2.24) is 9.97 Å². The summed E-state index contributed by atoms with van der Waals surface area (Å²) in [7, 11) is 0. The number of halogens is 4. The molecular weight excluding hydrogens is 745 g/mol. The highest BCUT2D eigenvalue weighted by Crippen LogP contribution is 2.48. The Hall–Kier alpha value is -7.06. The highest BCUT2D eigenvalue weighted by atomic mass is 19.1. The van der Waals surface area contributed by atoms with E-state index in [1.165, 1.54) is 24.3 Å². The molecule has 0 aliphatic carbocycles. The number of benzene rings is 6. The van der Waals surface area contributed by atoms with Crippen LogP contribution in [0.15, 0.2) is 158 Å². The fourth-order valence-electron chi connectivity index (χ4n) is 8.47. The molecule has 0 spiro atoms. The van der Waals surface area contributed by atoms with E-state index in [9.17, 15) is 8.78 Å². The first-order chi connectivity index (χ1) is 28.6. The minimum Gasteiger partial charge on any atom is -0.310 e. The van der Waals surface area contributed by atoms with Crippen molar-refractivity contribution in [3.05, 3.63) is 215 Å². The Kier molecular flexibility index (Phi) is 8.67. The van der Waals surface area contributed by atoms with E-state index in [2.05, 4.69) is 58.3 Å². The minimum atomic E-state index is -1.01. The Morgan fingerprint density at radius 3 is 1.10 bits per heavy atom. The molecule has 2 aliphatic rings.